The summed E-state index contributed by atoms with van der Waals surface area (Å²) in [5, 5.41) is 2.93. The van der Waals surface area contributed by atoms with E-state index in [-0.39, 0.29) is 59.0 Å². The van der Waals surface area contributed by atoms with Gasteiger partial charge >= 0.3 is 12.1 Å². The molecule has 1 aromatic carbocycles. The molecule has 2 aromatic heterocycles. The van der Waals surface area contributed by atoms with Crippen molar-refractivity contribution in [2.75, 3.05) is 38.8 Å². The summed E-state index contributed by atoms with van der Waals surface area (Å²) in [7, 11) is 3.08. The van der Waals surface area contributed by atoms with Crippen molar-refractivity contribution < 1.29 is 32.9 Å². The van der Waals surface area contributed by atoms with Crippen LogP contribution < -0.4 is 25.1 Å². The van der Waals surface area contributed by atoms with E-state index in [9.17, 15) is 14.4 Å². The van der Waals surface area contributed by atoms with Crippen LogP contribution in [0.1, 0.15) is 49.2 Å². The highest BCUT2D eigenvalue weighted by Gasteiger charge is 2.57. The Morgan fingerprint density at radius 3 is 2.44 bits per heavy atom. The Balaban J connectivity index is 1.52. The zero-order chi connectivity index (χ0) is 31.2. The van der Waals surface area contributed by atoms with E-state index in [1.165, 1.54) is 20.2 Å². The number of methoxy groups -OCH3 is 2. The zero-order valence-corrected chi connectivity index (χ0v) is 25.4. The fraction of sp³-hybridized carbons (Fsp3) is 0.484. The molecule has 11 nitrogen and oxygen atoms in total. The van der Waals surface area contributed by atoms with Gasteiger partial charge in [-0.15, -0.1) is 0 Å². The van der Waals surface area contributed by atoms with Crippen LogP contribution in [-0.2, 0) is 16.0 Å². The van der Waals surface area contributed by atoms with Crippen LogP contribution in [0.15, 0.2) is 29.2 Å². The van der Waals surface area contributed by atoms with E-state index < -0.39 is 28.9 Å². The molecule has 1 aliphatic heterocycles. The van der Waals surface area contributed by atoms with Gasteiger partial charge in [0, 0.05) is 54.4 Å². The van der Waals surface area contributed by atoms with Crippen LogP contribution >= 0.6 is 0 Å². The number of fused-ring (bicyclic) bond motifs is 2. The van der Waals surface area contributed by atoms with Crippen LogP contribution in [0.5, 0.6) is 11.5 Å². The first-order valence-corrected chi connectivity index (χ1v) is 14.2. The average Bonchev–Trinajstić information content (AvgIpc) is 3.36. The maximum absolute atomic E-state index is 15.9. The molecule has 0 bridgehead atoms. The smallest absolute Gasteiger partial charge is 0.407 e. The summed E-state index contributed by atoms with van der Waals surface area (Å²) in [6, 6.07) is 5.27. The number of carbonyl (C=O) groups excluding carboxylic acids is 2. The minimum atomic E-state index is -0.795. The first kappa shape index (κ1) is 30.1. The number of piperidine rings is 1. The zero-order valence-electron chi connectivity index (χ0n) is 25.4. The van der Waals surface area contributed by atoms with Crippen LogP contribution in [0.2, 0.25) is 0 Å². The second-order valence-corrected chi connectivity index (χ2v) is 11.9. The number of anilines is 1. The van der Waals surface area contributed by atoms with Crippen LogP contribution in [0.4, 0.5) is 15.0 Å². The predicted octanol–water partition coefficient (Wildman–Crippen LogP) is 4.05. The summed E-state index contributed by atoms with van der Waals surface area (Å²) in [6.07, 6.45) is 0.933. The molecule has 3 aromatic rings. The second-order valence-electron chi connectivity index (χ2n) is 11.9. The van der Waals surface area contributed by atoms with E-state index in [2.05, 4.69) is 10.3 Å². The average molecular weight is 597 g/mol. The highest BCUT2D eigenvalue weighted by Crippen LogP contribution is 2.47. The van der Waals surface area contributed by atoms with Gasteiger partial charge in [-0.1, -0.05) is 0 Å². The van der Waals surface area contributed by atoms with Crippen molar-refractivity contribution >= 4 is 28.9 Å². The number of alkyl carbamates (subject to hydrolysis) is 1. The molecule has 2 fully saturated rings. The lowest BCUT2D eigenvalue weighted by molar-refractivity contribution is 0.0510. The van der Waals surface area contributed by atoms with Crippen molar-refractivity contribution in [1.29, 1.82) is 0 Å². The SMILES string of the molecule is CCOC(=O)c1cn(Cc2ccc(OC)cc2OC)c2nc(N3C[C@@H]4C(NC(=O)OC(C)(C)C)[C@@H]4C3)c(F)c(C)c2c1=O. The molecule has 0 radical (unpaired) electrons. The van der Waals surface area contributed by atoms with Gasteiger partial charge in [0.2, 0.25) is 5.43 Å². The molecular formula is C31H37FN4O7. The summed E-state index contributed by atoms with van der Waals surface area (Å²) < 4.78 is 39.0. The van der Waals surface area contributed by atoms with Crippen molar-refractivity contribution in [3.63, 3.8) is 0 Å². The van der Waals surface area contributed by atoms with Gasteiger partial charge in [-0.3, -0.25) is 4.79 Å². The van der Waals surface area contributed by atoms with Gasteiger partial charge in [-0.25, -0.2) is 19.0 Å². The number of carbonyl (C=O) groups is 2. The number of nitrogens with zero attached hydrogens (tertiary/aromatic N) is 3. The fourth-order valence-corrected chi connectivity index (χ4v) is 5.75. The molecule has 0 spiro atoms. The Morgan fingerprint density at radius 1 is 1.14 bits per heavy atom. The molecule has 5 rings (SSSR count). The fourth-order valence-electron chi connectivity index (χ4n) is 5.75. The van der Waals surface area contributed by atoms with Gasteiger partial charge in [0.25, 0.3) is 0 Å². The molecular weight excluding hydrogens is 559 g/mol. The molecule has 2 aliphatic rings. The van der Waals surface area contributed by atoms with Gasteiger partial charge in [0.1, 0.15) is 28.3 Å². The number of hydrogen-bond donors (Lipinski definition) is 1. The van der Waals surface area contributed by atoms with E-state index in [1.54, 1.807) is 51.5 Å². The molecule has 1 aliphatic carbocycles. The molecule has 230 valence electrons. The molecule has 1 saturated heterocycles. The molecule has 43 heavy (non-hydrogen) atoms. The summed E-state index contributed by atoms with van der Waals surface area (Å²) in [6.45, 7) is 9.79. The van der Waals surface area contributed by atoms with Crippen LogP contribution in [0, 0.1) is 24.6 Å². The van der Waals surface area contributed by atoms with E-state index in [1.807, 2.05) is 11.0 Å². The van der Waals surface area contributed by atoms with Gasteiger partial charge in [-0.05, 0) is 46.8 Å². The van der Waals surface area contributed by atoms with E-state index in [4.69, 9.17) is 18.9 Å². The molecule has 1 unspecified atom stereocenters. The molecule has 12 heteroatoms. The maximum Gasteiger partial charge on any atom is 0.407 e. The number of pyridine rings is 2. The first-order valence-electron chi connectivity index (χ1n) is 14.2. The third kappa shape index (κ3) is 5.82. The number of rotatable bonds is 8. The normalized spacial score (nSPS) is 19.2. The maximum atomic E-state index is 15.9. The Bertz CT molecular complexity index is 1640. The lowest BCUT2D eigenvalue weighted by atomic mass is 10.1. The van der Waals surface area contributed by atoms with Crippen molar-refractivity contribution in [2.24, 2.45) is 11.8 Å². The van der Waals surface area contributed by atoms with E-state index in [0.29, 0.717) is 24.6 Å². The highest BCUT2D eigenvalue weighted by molar-refractivity contribution is 5.94. The molecule has 3 atom stereocenters. The van der Waals surface area contributed by atoms with E-state index in [0.717, 1.165) is 5.56 Å². The number of nitrogens with one attached hydrogen (secondary N) is 1. The number of hydrogen-bond acceptors (Lipinski definition) is 9. The van der Waals surface area contributed by atoms with Gasteiger partial charge in [-0.2, -0.15) is 0 Å². The number of ether oxygens (including phenoxy) is 4. The first-order chi connectivity index (χ1) is 20.4. The Kier molecular flexibility index (Phi) is 7.97. The molecule has 1 amide bonds. The van der Waals surface area contributed by atoms with Crippen LogP contribution in [0.25, 0.3) is 11.0 Å². The summed E-state index contributed by atoms with van der Waals surface area (Å²) >= 11 is 0. The third-order valence-corrected chi connectivity index (χ3v) is 7.87. The van der Waals surface area contributed by atoms with Crippen LogP contribution in [-0.4, -0.2) is 67.2 Å². The minimum absolute atomic E-state index is 0.00751. The Hall–Kier alpha value is -4.35. The number of aromatic nitrogens is 2. The largest absolute Gasteiger partial charge is 0.497 e. The number of esters is 1. The monoisotopic (exact) mass is 596 g/mol. The van der Waals surface area contributed by atoms with Crippen molar-refractivity contribution in [3.8, 4) is 11.5 Å². The summed E-state index contributed by atoms with van der Waals surface area (Å²) in [5.41, 5.74) is -0.407. The van der Waals surface area contributed by atoms with Crippen molar-refractivity contribution in [2.45, 2.75) is 52.8 Å². The number of amides is 1. The Morgan fingerprint density at radius 2 is 1.84 bits per heavy atom. The quantitative estimate of drug-likeness (QED) is 0.384. The van der Waals surface area contributed by atoms with Crippen molar-refractivity contribution in [3.05, 3.63) is 57.1 Å². The minimum Gasteiger partial charge on any atom is -0.497 e. The Labute approximate surface area is 248 Å². The number of halogens is 1. The van der Waals surface area contributed by atoms with E-state index >= 15 is 4.39 Å². The molecule has 3 heterocycles. The third-order valence-electron chi connectivity index (χ3n) is 7.87. The topological polar surface area (TPSA) is 121 Å². The number of aryl methyl sites for hydroxylation is 1. The second kappa shape index (κ2) is 11.4. The predicted molar refractivity (Wildman–Crippen MR) is 158 cm³/mol. The molecule has 1 saturated carbocycles. The highest BCUT2D eigenvalue weighted by atomic mass is 19.1. The molecule has 1 N–H and O–H groups in total. The van der Waals surface area contributed by atoms with Gasteiger partial charge in [0.15, 0.2) is 11.6 Å². The lowest BCUT2D eigenvalue weighted by Gasteiger charge is -2.25. The lowest BCUT2D eigenvalue weighted by Crippen LogP contribution is -2.38. The summed E-state index contributed by atoms with van der Waals surface area (Å²) in [5.74, 6) is 0.0818. The van der Waals surface area contributed by atoms with Gasteiger partial charge in [0.05, 0.1) is 32.8 Å². The summed E-state index contributed by atoms with van der Waals surface area (Å²) in [4.78, 5) is 45.1. The standard InChI is InChI=1S/C31H37FN4O7/c1-8-42-29(38)21-15-35(12-17-9-10-18(40-6)11-22(17)41-7)27-23(26(21)37)16(2)24(32)28(34-27)36-13-19-20(14-36)25(19)33-30(39)43-31(3,4)5/h9-11,15,19-20,25H,8,12-14H2,1-7H3,(H,33,39)/t19-,20+,25?. The number of benzene rings is 1. The van der Waals surface area contributed by atoms with Crippen molar-refractivity contribution in [1.82, 2.24) is 14.9 Å². The van der Waals surface area contributed by atoms with Gasteiger partial charge < -0.3 is 33.7 Å². The van der Waals surface area contributed by atoms with Crippen LogP contribution in [0.3, 0.4) is 0 Å².